The standard InChI is InChI=1S/C10H21NOS/c1-8(2)13(12)10-6-4-5-9(7-10)11-3/h8-11H,4-7H2,1-3H3. The van der Waals surface area contributed by atoms with Crippen LogP contribution in [0.25, 0.3) is 0 Å². The molecule has 2 nitrogen and oxygen atoms in total. The molecule has 1 saturated carbocycles. The molecule has 0 aromatic carbocycles. The van der Waals surface area contributed by atoms with Crippen LogP contribution in [-0.4, -0.2) is 27.8 Å². The van der Waals surface area contributed by atoms with E-state index in [0.717, 1.165) is 12.8 Å². The first-order valence-corrected chi connectivity index (χ1v) is 6.49. The lowest BCUT2D eigenvalue weighted by atomic mass is 9.95. The van der Waals surface area contributed by atoms with Gasteiger partial charge < -0.3 is 5.32 Å². The zero-order valence-corrected chi connectivity index (χ0v) is 9.69. The first-order valence-electron chi connectivity index (χ1n) is 5.21. The van der Waals surface area contributed by atoms with Crippen LogP contribution in [0.15, 0.2) is 0 Å². The van der Waals surface area contributed by atoms with E-state index >= 15 is 0 Å². The largest absolute Gasteiger partial charge is 0.317 e. The predicted octanol–water partition coefficient (Wildman–Crippen LogP) is 1.67. The molecule has 0 radical (unpaired) electrons. The zero-order valence-electron chi connectivity index (χ0n) is 8.88. The summed E-state index contributed by atoms with van der Waals surface area (Å²) in [6.45, 7) is 4.11. The average molecular weight is 203 g/mol. The molecular weight excluding hydrogens is 182 g/mol. The second-order valence-electron chi connectivity index (χ2n) is 4.15. The van der Waals surface area contributed by atoms with E-state index in [4.69, 9.17) is 0 Å². The van der Waals surface area contributed by atoms with E-state index in [0.29, 0.717) is 16.5 Å². The number of hydrogen-bond acceptors (Lipinski definition) is 2. The molecule has 78 valence electrons. The molecule has 1 N–H and O–H groups in total. The van der Waals surface area contributed by atoms with Crippen molar-refractivity contribution in [2.45, 2.75) is 56.1 Å². The highest BCUT2D eigenvalue weighted by molar-refractivity contribution is 7.86. The molecule has 1 aliphatic rings. The highest BCUT2D eigenvalue weighted by atomic mass is 32.2. The summed E-state index contributed by atoms with van der Waals surface area (Å²) in [5, 5.41) is 4.05. The molecule has 0 saturated heterocycles. The van der Waals surface area contributed by atoms with E-state index in [1.54, 1.807) is 0 Å². The van der Waals surface area contributed by atoms with E-state index in [1.807, 2.05) is 7.05 Å². The minimum absolute atomic E-state index is 0.320. The predicted molar refractivity (Wildman–Crippen MR) is 58.4 cm³/mol. The van der Waals surface area contributed by atoms with Crippen LogP contribution in [-0.2, 0) is 10.8 Å². The van der Waals surface area contributed by atoms with Crippen LogP contribution in [0.5, 0.6) is 0 Å². The van der Waals surface area contributed by atoms with E-state index < -0.39 is 10.8 Å². The van der Waals surface area contributed by atoms with Gasteiger partial charge in [-0.1, -0.05) is 20.3 Å². The second-order valence-corrected chi connectivity index (χ2v) is 6.42. The van der Waals surface area contributed by atoms with E-state index in [1.165, 1.54) is 12.8 Å². The fraction of sp³-hybridized carbons (Fsp3) is 1.00. The molecule has 0 aliphatic heterocycles. The van der Waals surface area contributed by atoms with Crippen molar-refractivity contribution in [1.29, 1.82) is 0 Å². The lowest BCUT2D eigenvalue weighted by molar-refractivity contribution is 0.397. The molecule has 1 fully saturated rings. The summed E-state index contributed by atoms with van der Waals surface area (Å²) in [5.41, 5.74) is 0. The Morgan fingerprint density at radius 3 is 2.62 bits per heavy atom. The lowest BCUT2D eigenvalue weighted by Gasteiger charge is -2.29. The van der Waals surface area contributed by atoms with Crippen molar-refractivity contribution in [2.75, 3.05) is 7.05 Å². The number of nitrogens with one attached hydrogen (secondary N) is 1. The van der Waals surface area contributed by atoms with Crippen LogP contribution in [0.1, 0.15) is 39.5 Å². The first kappa shape index (κ1) is 11.2. The lowest BCUT2D eigenvalue weighted by Crippen LogP contribution is -2.37. The van der Waals surface area contributed by atoms with Crippen LogP contribution < -0.4 is 5.32 Å². The Morgan fingerprint density at radius 2 is 2.08 bits per heavy atom. The van der Waals surface area contributed by atoms with Gasteiger partial charge >= 0.3 is 0 Å². The molecule has 0 amide bonds. The van der Waals surface area contributed by atoms with Crippen LogP contribution in [0.3, 0.4) is 0 Å². The van der Waals surface area contributed by atoms with Crippen LogP contribution in [0, 0.1) is 0 Å². The van der Waals surface area contributed by atoms with Crippen molar-refractivity contribution in [3.8, 4) is 0 Å². The second kappa shape index (κ2) is 5.11. The molecule has 0 aromatic heterocycles. The van der Waals surface area contributed by atoms with Gasteiger partial charge in [0, 0.05) is 27.3 Å². The molecule has 1 rings (SSSR count). The van der Waals surface area contributed by atoms with Crippen molar-refractivity contribution >= 4 is 10.8 Å². The first-order chi connectivity index (χ1) is 6.15. The summed E-state index contributed by atoms with van der Waals surface area (Å²) in [5.74, 6) is 0. The van der Waals surface area contributed by atoms with Gasteiger partial charge in [0.15, 0.2) is 0 Å². The molecule has 0 heterocycles. The maximum Gasteiger partial charge on any atom is 0.0365 e. The summed E-state index contributed by atoms with van der Waals surface area (Å²) in [6.07, 6.45) is 4.74. The van der Waals surface area contributed by atoms with Gasteiger partial charge in [0.05, 0.1) is 0 Å². The van der Waals surface area contributed by atoms with Gasteiger partial charge in [-0.2, -0.15) is 0 Å². The van der Waals surface area contributed by atoms with E-state index in [9.17, 15) is 4.21 Å². The Hall–Kier alpha value is 0.110. The molecule has 0 bridgehead atoms. The van der Waals surface area contributed by atoms with Gasteiger partial charge in [-0.15, -0.1) is 0 Å². The Morgan fingerprint density at radius 1 is 1.38 bits per heavy atom. The molecule has 3 heteroatoms. The Balaban J connectivity index is 2.46. The van der Waals surface area contributed by atoms with Crippen LogP contribution in [0.4, 0.5) is 0 Å². The van der Waals surface area contributed by atoms with Gasteiger partial charge in [-0.05, 0) is 26.3 Å². The summed E-state index contributed by atoms with van der Waals surface area (Å²) in [6, 6.07) is 0.599. The van der Waals surface area contributed by atoms with Crippen molar-refractivity contribution in [2.24, 2.45) is 0 Å². The van der Waals surface area contributed by atoms with Crippen LogP contribution >= 0.6 is 0 Å². The normalized spacial score (nSPS) is 32.0. The van der Waals surface area contributed by atoms with Crippen molar-refractivity contribution in [3.05, 3.63) is 0 Å². The third kappa shape index (κ3) is 3.06. The molecule has 1 aliphatic carbocycles. The maximum absolute atomic E-state index is 11.8. The third-order valence-corrected chi connectivity index (χ3v) is 4.84. The van der Waals surface area contributed by atoms with Gasteiger partial charge in [-0.25, -0.2) is 0 Å². The van der Waals surface area contributed by atoms with Gasteiger partial charge in [0.1, 0.15) is 0 Å². The van der Waals surface area contributed by atoms with Crippen LogP contribution in [0.2, 0.25) is 0 Å². The fourth-order valence-corrected chi connectivity index (χ4v) is 3.59. The summed E-state index contributed by atoms with van der Waals surface area (Å²) in [4.78, 5) is 0. The minimum atomic E-state index is -0.620. The molecule has 0 aromatic rings. The topological polar surface area (TPSA) is 29.1 Å². The van der Waals surface area contributed by atoms with Gasteiger partial charge in [0.25, 0.3) is 0 Å². The zero-order chi connectivity index (χ0) is 9.84. The quantitative estimate of drug-likeness (QED) is 0.756. The Labute approximate surface area is 83.9 Å². The molecule has 0 spiro atoms. The third-order valence-electron chi connectivity index (χ3n) is 2.83. The Bertz CT molecular complexity index is 182. The highest BCUT2D eigenvalue weighted by Crippen LogP contribution is 2.24. The smallest absolute Gasteiger partial charge is 0.0365 e. The molecule has 3 unspecified atom stereocenters. The SMILES string of the molecule is CNC1CCCC(S(=O)C(C)C)C1. The van der Waals surface area contributed by atoms with Gasteiger partial charge in [-0.3, -0.25) is 4.21 Å². The summed E-state index contributed by atoms with van der Waals surface area (Å²) in [7, 11) is 1.38. The summed E-state index contributed by atoms with van der Waals surface area (Å²) < 4.78 is 11.8. The van der Waals surface area contributed by atoms with E-state index in [-0.39, 0.29) is 0 Å². The number of rotatable bonds is 3. The van der Waals surface area contributed by atoms with Gasteiger partial charge in [0.2, 0.25) is 0 Å². The molecule has 3 atom stereocenters. The minimum Gasteiger partial charge on any atom is -0.317 e. The van der Waals surface area contributed by atoms with Crippen molar-refractivity contribution < 1.29 is 4.21 Å². The monoisotopic (exact) mass is 203 g/mol. The van der Waals surface area contributed by atoms with E-state index in [2.05, 4.69) is 19.2 Å². The molecule has 13 heavy (non-hydrogen) atoms. The number of hydrogen-bond donors (Lipinski definition) is 1. The maximum atomic E-state index is 11.8. The van der Waals surface area contributed by atoms with Crippen molar-refractivity contribution in [3.63, 3.8) is 0 Å². The fourth-order valence-electron chi connectivity index (χ4n) is 2.00. The average Bonchev–Trinajstić information content (AvgIpc) is 2.16. The Kier molecular flexibility index (Phi) is 4.39. The summed E-state index contributed by atoms with van der Waals surface area (Å²) >= 11 is 0. The highest BCUT2D eigenvalue weighted by Gasteiger charge is 2.26. The molecular formula is C10H21NOS. The van der Waals surface area contributed by atoms with Crippen molar-refractivity contribution in [1.82, 2.24) is 5.32 Å².